The van der Waals surface area contributed by atoms with Crippen LogP contribution in [0.1, 0.15) is 79.4 Å². The van der Waals surface area contributed by atoms with E-state index in [9.17, 15) is 23.6 Å². The molecule has 12 nitrogen and oxygen atoms in total. The molecule has 0 unspecified atom stereocenters. The largest absolute Gasteiger partial charge is 0.375 e. The molecule has 2 N–H and O–H groups in total. The van der Waals surface area contributed by atoms with Gasteiger partial charge in [-0.15, -0.1) is 0 Å². The highest BCUT2D eigenvalue weighted by molar-refractivity contribution is 5.95. The maximum Gasteiger partial charge on any atom is 0.272 e. The number of nitrogens with one attached hydrogen (secondary N) is 2. The van der Waals surface area contributed by atoms with Crippen molar-refractivity contribution < 1.29 is 23.5 Å². The van der Waals surface area contributed by atoms with Gasteiger partial charge in [-0.05, 0) is 61.8 Å². The van der Waals surface area contributed by atoms with Gasteiger partial charge >= 0.3 is 0 Å². The number of nitrogens with zero attached hydrogens (tertiary/aromatic N) is 5. The van der Waals surface area contributed by atoms with Crippen LogP contribution in [0.5, 0.6) is 0 Å². The highest BCUT2D eigenvalue weighted by atomic mass is 19.1. The second-order valence-electron chi connectivity index (χ2n) is 15.6. The quantitative estimate of drug-likeness (QED) is 0.362. The third-order valence-electron chi connectivity index (χ3n) is 12.2. The number of amides is 3. The predicted molar refractivity (Wildman–Crippen MR) is 197 cm³/mol. The van der Waals surface area contributed by atoms with Gasteiger partial charge in [-0.3, -0.25) is 29.4 Å². The molecule has 5 fully saturated rings. The van der Waals surface area contributed by atoms with Gasteiger partial charge in [-0.2, -0.15) is 5.10 Å². The third kappa shape index (κ3) is 7.74. The van der Waals surface area contributed by atoms with Crippen LogP contribution in [0.15, 0.2) is 47.3 Å². The number of fused-ring (bicyclic) bond motifs is 2. The van der Waals surface area contributed by atoms with E-state index in [4.69, 9.17) is 4.74 Å². The van der Waals surface area contributed by atoms with Gasteiger partial charge < -0.3 is 19.4 Å². The molecular weight excluding hydrogens is 677 g/mol. The van der Waals surface area contributed by atoms with Gasteiger partial charge in [0.05, 0.1) is 47.6 Å². The Morgan fingerprint density at radius 1 is 0.830 bits per heavy atom. The van der Waals surface area contributed by atoms with Gasteiger partial charge in [-0.1, -0.05) is 43.5 Å². The predicted octanol–water partition coefficient (Wildman–Crippen LogP) is 3.29. The van der Waals surface area contributed by atoms with E-state index >= 15 is 0 Å². The Hall–Kier alpha value is -4.20. The van der Waals surface area contributed by atoms with Crippen molar-refractivity contribution >= 4 is 28.5 Å². The third-order valence-corrected chi connectivity index (χ3v) is 12.2. The molecule has 5 aliphatic rings. The average Bonchev–Trinajstić information content (AvgIpc) is 3.52. The first kappa shape index (κ1) is 35.8. The van der Waals surface area contributed by atoms with Gasteiger partial charge in [0, 0.05) is 64.0 Å². The summed E-state index contributed by atoms with van der Waals surface area (Å²) in [4.78, 5) is 59.8. The molecule has 3 aromatic rings. The second kappa shape index (κ2) is 15.6. The molecule has 53 heavy (non-hydrogen) atoms. The van der Waals surface area contributed by atoms with Crippen LogP contribution in [-0.4, -0.2) is 124 Å². The molecule has 2 aromatic carbocycles. The molecule has 4 saturated heterocycles. The lowest BCUT2D eigenvalue weighted by Crippen LogP contribution is -2.53. The summed E-state index contributed by atoms with van der Waals surface area (Å²) < 4.78 is 21.6. The van der Waals surface area contributed by atoms with Gasteiger partial charge in [0.15, 0.2) is 0 Å². The summed E-state index contributed by atoms with van der Waals surface area (Å²) in [5.41, 5.74) is 1.06. The Morgan fingerprint density at radius 2 is 1.55 bits per heavy atom. The molecule has 282 valence electrons. The number of piperazine rings is 1. The van der Waals surface area contributed by atoms with Gasteiger partial charge in [0.2, 0.25) is 11.8 Å². The molecule has 1 saturated carbocycles. The number of ether oxygens (including phenoxy) is 1. The number of carbonyl (C=O) groups is 3. The summed E-state index contributed by atoms with van der Waals surface area (Å²) in [6.07, 6.45) is 10.2. The summed E-state index contributed by atoms with van der Waals surface area (Å²) in [5.74, 6) is -0.195. The normalized spacial score (nSPS) is 24.9. The van der Waals surface area contributed by atoms with Crippen molar-refractivity contribution in [2.24, 2.45) is 5.92 Å². The van der Waals surface area contributed by atoms with E-state index in [0.29, 0.717) is 67.1 Å². The van der Waals surface area contributed by atoms with E-state index < -0.39 is 11.7 Å². The van der Waals surface area contributed by atoms with Crippen molar-refractivity contribution in [1.29, 1.82) is 0 Å². The summed E-state index contributed by atoms with van der Waals surface area (Å²) in [6.45, 7) is 4.13. The topological polar surface area (TPSA) is 131 Å². The van der Waals surface area contributed by atoms with Crippen LogP contribution in [0.2, 0.25) is 0 Å². The molecule has 1 aromatic heterocycles. The fraction of sp³-hybridized carbons (Fsp3) is 0.575. The Morgan fingerprint density at radius 3 is 2.32 bits per heavy atom. The Balaban J connectivity index is 0.779. The molecule has 8 rings (SSSR count). The van der Waals surface area contributed by atoms with E-state index in [1.807, 2.05) is 12.1 Å². The second-order valence-corrected chi connectivity index (χ2v) is 15.6. The molecule has 0 radical (unpaired) electrons. The summed E-state index contributed by atoms with van der Waals surface area (Å²) in [5, 5.41) is 11.7. The number of benzene rings is 2. The van der Waals surface area contributed by atoms with Gasteiger partial charge in [-0.25, -0.2) is 9.49 Å². The highest BCUT2D eigenvalue weighted by Gasteiger charge is 2.46. The van der Waals surface area contributed by atoms with Crippen molar-refractivity contribution in [3.8, 4) is 0 Å². The van der Waals surface area contributed by atoms with E-state index in [2.05, 4.69) is 25.3 Å². The Bertz CT molecular complexity index is 1880. The van der Waals surface area contributed by atoms with Crippen molar-refractivity contribution in [2.75, 3.05) is 52.4 Å². The first-order chi connectivity index (χ1) is 25.8. The lowest BCUT2D eigenvalue weighted by atomic mass is 9.84. The minimum Gasteiger partial charge on any atom is -0.375 e. The number of aromatic nitrogens is 2. The summed E-state index contributed by atoms with van der Waals surface area (Å²) in [7, 11) is 0. The molecule has 13 heteroatoms. The van der Waals surface area contributed by atoms with E-state index in [0.717, 1.165) is 58.2 Å². The number of carbonyl (C=O) groups excluding carboxylic acids is 3. The number of likely N-dealkylation sites (tertiary alicyclic amines) is 1. The number of hydrogen-bond donors (Lipinski definition) is 2. The summed E-state index contributed by atoms with van der Waals surface area (Å²) >= 11 is 0. The maximum atomic E-state index is 15.0. The molecule has 3 atom stereocenters. The first-order valence-corrected chi connectivity index (χ1v) is 19.6. The maximum absolute atomic E-state index is 15.0. The van der Waals surface area contributed by atoms with Crippen molar-refractivity contribution in [2.45, 2.75) is 88.6 Å². The minimum absolute atomic E-state index is 0.0108. The SMILES string of the molecule is O=C(CN1CCC(O[C@H]2CCN3C(=O)[C@@H](C4CCCCC4)N[C@@H]3C2)CC1)N1CCN(C(=O)c2cc(Cc3n[nH]c(=O)c4ccccc34)ccc2F)CC1. The molecule has 0 spiro atoms. The minimum atomic E-state index is -0.594. The van der Waals surface area contributed by atoms with Crippen LogP contribution >= 0.6 is 0 Å². The average molecular weight is 728 g/mol. The van der Waals surface area contributed by atoms with Crippen LogP contribution in [0.25, 0.3) is 10.8 Å². The molecule has 5 heterocycles. The van der Waals surface area contributed by atoms with Crippen LogP contribution < -0.4 is 10.9 Å². The van der Waals surface area contributed by atoms with Crippen LogP contribution in [-0.2, 0) is 20.7 Å². The number of hydrogen-bond acceptors (Lipinski definition) is 8. The van der Waals surface area contributed by atoms with Crippen molar-refractivity contribution in [1.82, 2.24) is 35.1 Å². The Kier molecular flexibility index (Phi) is 10.6. The lowest BCUT2D eigenvalue weighted by molar-refractivity contribution is -0.137. The zero-order valence-corrected chi connectivity index (χ0v) is 30.3. The zero-order valence-electron chi connectivity index (χ0n) is 30.3. The number of aromatic amines is 1. The summed E-state index contributed by atoms with van der Waals surface area (Å²) in [6, 6.07) is 11.7. The van der Waals surface area contributed by atoms with Crippen molar-refractivity contribution in [3.05, 3.63) is 75.5 Å². The fourth-order valence-electron chi connectivity index (χ4n) is 9.18. The lowest BCUT2D eigenvalue weighted by Gasteiger charge is -2.39. The molecule has 3 amide bonds. The fourth-order valence-corrected chi connectivity index (χ4v) is 9.18. The van der Waals surface area contributed by atoms with E-state index in [1.54, 1.807) is 34.1 Å². The molecule has 4 aliphatic heterocycles. The molecule has 0 bridgehead atoms. The van der Waals surface area contributed by atoms with E-state index in [1.165, 1.54) is 25.3 Å². The van der Waals surface area contributed by atoms with Gasteiger partial charge in [0.1, 0.15) is 5.82 Å². The van der Waals surface area contributed by atoms with E-state index in [-0.39, 0.29) is 47.4 Å². The monoisotopic (exact) mass is 727 g/mol. The molecule has 1 aliphatic carbocycles. The highest BCUT2D eigenvalue weighted by Crippen LogP contribution is 2.34. The Labute approximate surface area is 309 Å². The number of rotatable bonds is 8. The number of halogens is 1. The van der Waals surface area contributed by atoms with Crippen molar-refractivity contribution in [3.63, 3.8) is 0 Å². The van der Waals surface area contributed by atoms with Crippen LogP contribution in [0.3, 0.4) is 0 Å². The standard InChI is InChI=1S/C40H50FN7O5/c41-33-11-10-26(23-34-30-8-4-5-9-31(30)38(50)44-43-34)22-32(33)39(51)47-20-18-46(19-21-47)36(49)25-45-15-12-28(13-16-45)53-29-14-17-48-35(24-29)42-37(40(48)52)27-6-2-1-3-7-27/h4-5,8-11,22,27-29,35,37,42H,1-3,6-7,12-21,23-25H2,(H,44,50)/t29-,35-,37+/m0/s1. The van der Waals surface area contributed by atoms with Crippen LogP contribution in [0, 0.1) is 11.7 Å². The number of H-pyrrole nitrogens is 1. The van der Waals surface area contributed by atoms with Crippen LogP contribution in [0.4, 0.5) is 4.39 Å². The number of piperidine rings is 2. The first-order valence-electron chi connectivity index (χ1n) is 19.6. The van der Waals surface area contributed by atoms with Gasteiger partial charge in [0.25, 0.3) is 11.5 Å². The smallest absolute Gasteiger partial charge is 0.272 e. The zero-order chi connectivity index (χ0) is 36.5. The molecular formula is C40H50FN7O5.